The highest BCUT2D eigenvalue weighted by atomic mass is 16.6. The fourth-order valence-electron chi connectivity index (χ4n) is 23.2. The van der Waals surface area contributed by atoms with E-state index in [0.29, 0.717) is 78.3 Å². The first-order chi connectivity index (χ1) is 60.4. The number of rotatable bonds is 15. The van der Waals surface area contributed by atoms with Crippen LogP contribution in [0.15, 0.2) is 30.3 Å². The van der Waals surface area contributed by atoms with Gasteiger partial charge in [-0.05, 0) is 148 Å². The molecule has 127 heavy (non-hydrogen) atoms. The maximum atomic E-state index is 12.9. The average molecular weight is 1780 g/mol. The Bertz CT molecular complexity index is 4040. The molecule has 18 aliphatic heterocycles. The van der Waals surface area contributed by atoms with Crippen LogP contribution in [0.2, 0.25) is 0 Å². The SMILES string of the molecule is C.CC(C)(C)OC(=O)N1CCN(C(=O)C2C(C(=O)[O-])[C@H]3CC[C@@H]2O3)CC1.CCN1CCN(C(=O)C2C(C(=O)[O-])[C@H]3CC[C@@H]2O3)CC1.COC(=O)C1C(C(=O)N2CCCCC2)[C@@H]2CC[C@H]1O2.C[NH+]1CCN(C(=O)C2C(C(=O)[O-])[C@H]3CC[C@@H]2O3)CC1.O=C(O)C1C(C(=O)N2CCN(Cc3ccccc3)CC2)[C@@H]2CC[C@H]1O2.O=C([O-])C1C(C(=O)N2CCCCC2)[C@@H]2CC[C@H]1O2. The Balaban J connectivity index is 0.000000131. The molecule has 24 atom stereocenters. The molecule has 706 valence electrons. The van der Waals surface area contributed by atoms with Crippen molar-refractivity contribution in [3.63, 3.8) is 0 Å². The van der Waals surface area contributed by atoms with Crippen molar-refractivity contribution in [3.8, 4) is 0 Å². The van der Waals surface area contributed by atoms with Crippen molar-refractivity contribution in [3.05, 3.63) is 35.9 Å². The number of hydrogen-bond acceptors (Lipinski definition) is 27. The Morgan fingerprint density at radius 1 is 0.362 bits per heavy atom. The number of methoxy groups -OCH3 is 1. The maximum absolute atomic E-state index is 12.9. The van der Waals surface area contributed by atoms with Gasteiger partial charge < -0.3 is 127 Å². The first-order valence-corrected chi connectivity index (χ1v) is 46.5. The van der Waals surface area contributed by atoms with Crippen LogP contribution in [-0.4, -0.2) is 357 Å². The second-order valence-electron chi connectivity index (χ2n) is 38.4. The zero-order chi connectivity index (χ0) is 89.7. The minimum absolute atomic E-state index is 0. The van der Waals surface area contributed by atoms with Gasteiger partial charge >= 0.3 is 18.0 Å². The topological polar surface area (TPSA) is 442 Å². The van der Waals surface area contributed by atoms with Crippen molar-refractivity contribution in [2.24, 2.45) is 71.0 Å². The van der Waals surface area contributed by atoms with Crippen molar-refractivity contribution in [1.82, 2.24) is 44.1 Å². The highest BCUT2D eigenvalue weighted by molar-refractivity contribution is 5.91. The van der Waals surface area contributed by atoms with Crippen molar-refractivity contribution < 1.29 is 131 Å². The normalized spacial score (nSPS) is 35.4. The number of nitrogens with one attached hydrogen (secondary N) is 1. The number of amides is 7. The number of nitrogens with zero attached hydrogens (tertiary/aromatic N) is 9. The summed E-state index contributed by atoms with van der Waals surface area (Å²) < 4.78 is 44.2. The van der Waals surface area contributed by atoms with Crippen LogP contribution in [-0.2, 0) is 102 Å². The Morgan fingerprint density at radius 3 is 0.921 bits per heavy atom. The van der Waals surface area contributed by atoms with Gasteiger partial charge in [0.05, 0.1) is 161 Å². The molecule has 0 aromatic heterocycles. The van der Waals surface area contributed by atoms with E-state index in [9.17, 15) is 87.9 Å². The van der Waals surface area contributed by atoms with Crippen LogP contribution in [0.5, 0.6) is 0 Å². The molecule has 0 saturated carbocycles. The van der Waals surface area contributed by atoms with E-state index in [1.54, 1.807) is 40.4 Å². The number of likely N-dealkylation sites (N-methyl/N-ethyl adjacent to an activating group) is 2. The number of carboxylic acids is 5. The summed E-state index contributed by atoms with van der Waals surface area (Å²) in [4.78, 5) is 175. The van der Waals surface area contributed by atoms with Gasteiger partial charge in [-0.15, -0.1) is 0 Å². The summed E-state index contributed by atoms with van der Waals surface area (Å²) in [5.74, 6) is -13.3. The molecule has 2 N–H and O–H groups in total. The van der Waals surface area contributed by atoms with Gasteiger partial charge in [0.1, 0.15) is 5.60 Å². The lowest BCUT2D eigenvalue weighted by Gasteiger charge is -2.38. The van der Waals surface area contributed by atoms with Gasteiger partial charge in [-0.1, -0.05) is 44.7 Å². The molecule has 1 aromatic rings. The highest BCUT2D eigenvalue weighted by Crippen LogP contribution is 2.50. The van der Waals surface area contributed by atoms with Crippen LogP contribution >= 0.6 is 0 Å². The fraction of sp³-hybridized carbons (Fsp3) is 0.791. The molecule has 0 aliphatic carbocycles. The van der Waals surface area contributed by atoms with Gasteiger partial charge in [0, 0.05) is 159 Å². The third kappa shape index (κ3) is 21.5. The van der Waals surface area contributed by atoms with Crippen LogP contribution < -0.4 is 25.3 Å². The number of piperidine rings is 2. The van der Waals surface area contributed by atoms with E-state index >= 15 is 0 Å². The second-order valence-corrected chi connectivity index (χ2v) is 38.4. The van der Waals surface area contributed by atoms with E-state index in [2.05, 4.69) is 35.9 Å². The van der Waals surface area contributed by atoms with Crippen molar-refractivity contribution in [1.29, 1.82) is 0 Å². The summed E-state index contributed by atoms with van der Waals surface area (Å²) in [5.41, 5.74) is 0.710. The van der Waals surface area contributed by atoms with Gasteiger partial charge in [-0.2, -0.15) is 0 Å². The smallest absolute Gasteiger partial charge is 0.410 e. The lowest BCUT2D eigenvalue weighted by atomic mass is 9.78. The van der Waals surface area contributed by atoms with E-state index in [1.807, 2.05) is 32.9 Å². The van der Waals surface area contributed by atoms with Gasteiger partial charge in [-0.3, -0.25) is 43.3 Å². The third-order valence-corrected chi connectivity index (χ3v) is 29.8. The number of carboxylic acid groups (broad SMARTS) is 5. The quantitative estimate of drug-likeness (QED) is 0.172. The summed E-state index contributed by atoms with van der Waals surface area (Å²) in [5, 5.41) is 54.8. The largest absolute Gasteiger partial charge is 0.550 e. The van der Waals surface area contributed by atoms with Crippen LogP contribution in [0.1, 0.15) is 156 Å². The van der Waals surface area contributed by atoms with E-state index < -0.39 is 113 Å². The van der Waals surface area contributed by atoms with E-state index in [0.717, 1.165) is 175 Å². The number of ether oxygens (including phenoxy) is 8. The van der Waals surface area contributed by atoms with Crippen LogP contribution in [0.25, 0.3) is 0 Å². The minimum Gasteiger partial charge on any atom is -0.550 e. The molecule has 36 heteroatoms. The fourth-order valence-corrected chi connectivity index (χ4v) is 23.2. The monoisotopic (exact) mass is 1780 g/mol. The Hall–Kier alpha value is -8.23. The van der Waals surface area contributed by atoms with Gasteiger partial charge in [-0.25, -0.2) is 4.79 Å². The molecule has 18 aliphatic rings. The molecule has 18 saturated heterocycles. The maximum Gasteiger partial charge on any atom is 0.410 e. The third-order valence-electron chi connectivity index (χ3n) is 29.8. The number of esters is 1. The average Bonchev–Trinajstić information content (AvgIpc) is 1.65. The summed E-state index contributed by atoms with van der Waals surface area (Å²) >= 11 is 0. The standard InChI is InChI=1S/C19H24N2O4.C17H26N2O6.C14H22N2O4.C14H21NO4.C13H20N2O4.C13H19NO4.CH4/c22-18(16-14-6-7-15(25-14)17(16)19(23)24)21-10-8-20(9-11-21)12-13-4-2-1-3-5-13;1-17(2,3)25-16(23)19-8-6-18(7-9-19)14(20)12-10-4-5-11(24-10)13(12)15(21)22;1-2-15-5-7-16(8-6-15)13(17)11-9-3-4-10(20-9)12(11)14(18)19;1-18-14(17)12-10-6-5-9(19-10)11(12)13(16)15-7-3-2-4-8-15;1-14-4-6-15(7-5-14)12(16)10-8-2-3-9(19-8)11(10)13(17)18;15-12(14-6-2-1-3-7-14)10-8-4-5-9(18-8)11(10)13(16)17;/h1-5,14-17H,6-12H2,(H,23,24);10-13H,4-9H2,1-3H3,(H,21,22);9-12H,2-8H2,1H3,(H,18,19);9-12H,2-8H2,1H3;8-11H,2-7H2,1H3,(H,17,18);8-11H,1-7H2,(H,16,17);1H4/p-3/t14-,15+,16?,17?;10-,11+,12?,13?;2*9-,10+,11?,12?;2*8-,9+,10?,11?;/m000000./s1. The number of hydrogen-bond donors (Lipinski definition) is 2. The van der Waals surface area contributed by atoms with Gasteiger partial charge in [0.15, 0.2) is 0 Å². The van der Waals surface area contributed by atoms with Crippen LogP contribution in [0.3, 0.4) is 0 Å². The molecule has 18 fully saturated rings. The summed E-state index contributed by atoms with van der Waals surface area (Å²) in [7, 11) is 3.49. The predicted octanol–water partition coefficient (Wildman–Crippen LogP) is -2.46. The zero-order valence-corrected chi connectivity index (χ0v) is 73.7. The van der Waals surface area contributed by atoms with E-state index in [1.165, 1.54) is 24.0 Å². The Labute approximate surface area is 743 Å². The molecule has 36 nitrogen and oxygen atoms in total. The van der Waals surface area contributed by atoms with Gasteiger partial charge in [0.25, 0.3) is 0 Å². The summed E-state index contributed by atoms with van der Waals surface area (Å²) in [6, 6.07) is 10.3. The van der Waals surface area contributed by atoms with Crippen molar-refractivity contribution in [2.45, 2.75) is 236 Å². The van der Waals surface area contributed by atoms with E-state index in [4.69, 9.17) is 37.9 Å². The van der Waals surface area contributed by atoms with Crippen LogP contribution in [0.4, 0.5) is 4.79 Å². The second kappa shape index (κ2) is 42.3. The van der Waals surface area contributed by atoms with Crippen molar-refractivity contribution >= 4 is 77.4 Å². The molecule has 18 heterocycles. The number of benzene rings is 1. The molecule has 1 aromatic carbocycles. The van der Waals surface area contributed by atoms with Crippen molar-refractivity contribution in [2.75, 3.05) is 152 Å². The number of likely N-dealkylation sites (tertiary alicyclic amines) is 2. The molecule has 0 spiro atoms. The minimum atomic E-state index is -1.21. The molecule has 12 bridgehead atoms. The number of aliphatic carboxylic acids is 5. The number of carbonyl (C=O) groups is 13. The summed E-state index contributed by atoms with van der Waals surface area (Å²) in [6.45, 7) is 23.3. The Kier molecular flexibility index (Phi) is 32.1. The number of piperazine rings is 4. The number of quaternary nitrogens is 1. The number of fused-ring (bicyclic) bond motifs is 12. The molecule has 0 radical (unpaired) electrons. The number of carbonyl (C=O) groups excluding carboxylic acids is 12. The lowest BCUT2D eigenvalue weighted by Crippen LogP contribution is -3.12. The van der Waals surface area contributed by atoms with Gasteiger partial charge in [0.2, 0.25) is 35.4 Å². The zero-order valence-electron chi connectivity index (χ0n) is 73.7. The first-order valence-electron chi connectivity index (χ1n) is 46.5. The van der Waals surface area contributed by atoms with Crippen LogP contribution in [0, 0.1) is 71.0 Å². The molecule has 7 amide bonds. The van der Waals surface area contributed by atoms with E-state index in [-0.39, 0.29) is 122 Å². The molecule has 12 unspecified atom stereocenters. The molecular weight excluding hydrogens is 1650 g/mol. The first kappa shape index (κ1) is 96.3. The molecule has 19 rings (SSSR count). The molecular formula is C91H133N10O26-3. The highest BCUT2D eigenvalue weighted by Gasteiger charge is 2.61. The summed E-state index contributed by atoms with van der Waals surface area (Å²) in [6.07, 6.45) is 12.4. The lowest BCUT2D eigenvalue weighted by molar-refractivity contribution is -0.883. The predicted molar refractivity (Wildman–Crippen MR) is 441 cm³/mol. The Morgan fingerprint density at radius 2 is 0.622 bits per heavy atom.